The second kappa shape index (κ2) is 8.10. The number of esters is 1. The Bertz CT molecular complexity index is 1030. The molecule has 3 aromatic rings. The average Bonchev–Trinajstić information content (AvgIpc) is 2.79. The molecule has 1 aromatic heterocycles. The summed E-state index contributed by atoms with van der Waals surface area (Å²) in [7, 11) is 1.34. The Morgan fingerprint density at radius 1 is 0.966 bits per heavy atom. The van der Waals surface area contributed by atoms with Gasteiger partial charge in [0.15, 0.2) is 11.5 Å². The highest BCUT2D eigenvalue weighted by Crippen LogP contribution is 2.20. The summed E-state index contributed by atoms with van der Waals surface area (Å²) in [5.41, 5.74) is 4.00. The lowest BCUT2D eigenvalue weighted by atomic mass is 10.00. The molecule has 0 bridgehead atoms. The summed E-state index contributed by atoms with van der Waals surface area (Å²) in [5.74, 6) is -0.00288. The largest absolute Gasteiger partial charge is 0.465 e. The number of hydrogen-bond acceptors (Lipinski definition) is 6. The summed E-state index contributed by atoms with van der Waals surface area (Å²) in [4.78, 5) is 26.0. The molecule has 4 rings (SSSR count). The van der Waals surface area contributed by atoms with E-state index in [2.05, 4.69) is 32.4 Å². The summed E-state index contributed by atoms with van der Waals surface area (Å²) >= 11 is 0. The van der Waals surface area contributed by atoms with Gasteiger partial charge in [-0.15, -0.1) is 10.2 Å². The van der Waals surface area contributed by atoms with Crippen molar-refractivity contribution in [3.63, 3.8) is 0 Å². The van der Waals surface area contributed by atoms with E-state index in [-0.39, 0.29) is 11.9 Å². The highest BCUT2D eigenvalue weighted by molar-refractivity contribution is 5.92. The maximum Gasteiger partial charge on any atom is 0.337 e. The van der Waals surface area contributed by atoms with Gasteiger partial charge in [0, 0.05) is 18.8 Å². The lowest BCUT2D eigenvalue weighted by molar-refractivity contribution is 0.0600. The highest BCUT2D eigenvalue weighted by Gasteiger charge is 2.22. The normalized spacial score (nSPS) is 12.8. The lowest BCUT2D eigenvalue weighted by Crippen LogP contribution is -2.36. The van der Waals surface area contributed by atoms with Crippen molar-refractivity contribution >= 4 is 23.4 Å². The number of benzene rings is 2. The molecule has 0 fully saturated rings. The van der Waals surface area contributed by atoms with E-state index in [1.165, 1.54) is 18.2 Å². The number of aromatic nitrogens is 2. The molecule has 0 unspecified atom stereocenters. The fourth-order valence-electron chi connectivity index (χ4n) is 3.30. The van der Waals surface area contributed by atoms with E-state index in [1.54, 1.807) is 41.3 Å². The maximum atomic E-state index is 12.8. The van der Waals surface area contributed by atoms with Gasteiger partial charge in [0.1, 0.15) is 0 Å². The van der Waals surface area contributed by atoms with Gasteiger partial charge >= 0.3 is 5.97 Å². The number of amides is 1. The van der Waals surface area contributed by atoms with Crippen LogP contribution in [0.5, 0.6) is 0 Å². The van der Waals surface area contributed by atoms with Crippen molar-refractivity contribution in [3.8, 4) is 0 Å². The minimum atomic E-state index is -0.389. The van der Waals surface area contributed by atoms with Gasteiger partial charge in [0.25, 0.3) is 5.91 Å². The Balaban J connectivity index is 1.41. The van der Waals surface area contributed by atoms with Crippen LogP contribution in [0.15, 0.2) is 60.7 Å². The Labute approximate surface area is 168 Å². The first-order valence-corrected chi connectivity index (χ1v) is 9.29. The number of hydrogen-bond donors (Lipinski definition) is 1. The van der Waals surface area contributed by atoms with E-state index in [9.17, 15) is 9.59 Å². The van der Waals surface area contributed by atoms with Gasteiger partial charge in [-0.3, -0.25) is 4.79 Å². The van der Waals surface area contributed by atoms with E-state index in [0.717, 1.165) is 12.1 Å². The molecule has 7 heteroatoms. The quantitative estimate of drug-likeness (QED) is 0.691. The van der Waals surface area contributed by atoms with E-state index < -0.39 is 0 Å². The van der Waals surface area contributed by atoms with Crippen molar-refractivity contribution in [1.82, 2.24) is 15.1 Å². The summed E-state index contributed by atoms with van der Waals surface area (Å²) < 4.78 is 4.68. The van der Waals surface area contributed by atoms with Crippen molar-refractivity contribution < 1.29 is 14.3 Å². The summed E-state index contributed by atoms with van der Waals surface area (Å²) in [6.45, 7) is 1.26. The number of methoxy groups -OCH3 is 1. The molecule has 0 saturated heterocycles. The second-order valence-corrected chi connectivity index (χ2v) is 6.74. The van der Waals surface area contributed by atoms with Crippen LogP contribution < -0.4 is 5.32 Å². The van der Waals surface area contributed by atoms with Crippen LogP contribution in [0.2, 0.25) is 0 Å². The molecule has 1 amide bonds. The minimum Gasteiger partial charge on any atom is -0.465 e. The van der Waals surface area contributed by atoms with Crippen LogP contribution in [0.4, 0.5) is 11.5 Å². The monoisotopic (exact) mass is 388 g/mol. The van der Waals surface area contributed by atoms with Crippen molar-refractivity contribution in [2.45, 2.75) is 13.0 Å². The molecule has 1 aliphatic heterocycles. The molecule has 1 aliphatic rings. The molecular weight excluding hydrogens is 368 g/mol. The van der Waals surface area contributed by atoms with Gasteiger partial charge in [-0.05, 0) is 53.9 Å². The number of nitrogens with one attached hydrogen (secondary N) is 1. The first kappa shape index (κ1) is 18.6. The lowest BCUT2D eigenvalue weighted by Gasteiger charge is -2.28. The molecule has 0 aliphatic carbocycles. The van der Waals surface area contributed by atoms with Crippen LogP contribution in [-0.2, 0) is 17.7 Å². The Morgan fingerprint density at radius 3 is 2.41 bits per heavy atom. The summed E-state index contributed by atoms with van der Waals surface area (Å²) in [6, 6.07) is 18.4. The molecule has 29 heavy (non-hydrogen) atoms. The van der Waals surface area contributed by atoms with Crippen LogP contribution in [0.1, 0.15) is 32.0 Å². The van der Waals surface area contributed by atoms with Crippen molar-refractivity contribution in [2.24, 2.45) is 0 Å². The van der Waals surface area contributed by atoms with Gasteiger partial charge < -0.3 is 15.0 Å². The Hall–Kier alpha value is -3.74. The van der Waals surface area contributed by atoms with Crippen LogP contribution >= 0.6 is 0 Å². The molecule has 7 nitrogen and oxygen atoms in total. The second-order valence-electron chi connectivity index (χ2n) is 6.74. The van der Waals surface area contributed by atoms with Crippen LogP contribution in [-0.4, -0.2) is 40.6 Å². The van der Waals surface area contributed by atoms with Crippen LogP contribution in [0, 0.1) is 0 Å². The van der Waals surface area contributed by atoms with E-state index in [4.69, 9.17) is 0 Å². The number of carbonyl (C=O) groups excluding carboxylic acids is 2. The number of carbonyl (C=O) groups is 2. The fourth-order valence-corrected chi connectivity index (χ4v) is 3.30. The summed E-state index contributed by atoms with van der Waals surface area (Å²) in [5, 5.41) is 11.3. The summed E-state index contributed by atoms with van der Waals surface area (Å²) in [6.07, 6.45) is 0.844. The van der Waals surface area contributed by atoms with Gasteiger partial charge in [0.05, 0.1) is 12.7 Å². The molecular formula is C22H20N4O3. The minimum absolute atomic E-state index is 0.124. The van der Waals surface area contributed by atoms with Gasteiger partial charge in [-0.2, -0.15) is 0 Å². The zero-order chi connectivity index (χ0) is 20.2. The fraction of sp³-hybridized carbons (Fsp3) is 0.182. The van der Waals surface area contributed by atoms with Gasteiger partial charge in [-0.25, -0.2) is 4.79 Å². The highest BCUT2D eigenvalue weighted by atomic mass is 16.5. The van der Waals surface area contributed by atoms with E-state index >= 15 is 0 Å². The predicted molar refractivity (Wildman–Crippen MR) is 108 cm³/mol. The van der Waals surface area contributed by atoms with E-state index in [0.29, 0.717) is 30.2 Å². The van der Waals surface area contributed by atoms with Crippen molar-refractivity contribution in [2.75, 3.05) is 19.0 Å². The molecule has 2 aromatic carbocycles. The standard InChI is InChI=1S/C22H20N4O3/c1-29-22(28)16-6-8-18(9-7-16)23-20-11-10-19(24-25-20)21(27)26-13-12-15-4-2-3-5-17(15)14-26/h2-11H,12-14H2,1H3,(H,23,25). The molecule has 0 spiro atoms. The molecule has 2 heterocycles. The van der Waals surface area contributed by atoms with Crippen molar-refractivity contribution in [3.05, 3.63) is 83.0 Å². The third-order valence-corrected chi connectivity index (χ3v) is 4.88. The topological polar surface area (TPSA) is 84.4 Å². The van der Waals surface area contributed by atoms with Gasteiger partial charge in [-0.1, -0.05) is 24.3 Å². The number of rotatable bonds is 4. The average molecular weight is 388 g/mol. The van der Waals surface area contributed by atoms with Gasteiger partial charge in [0.2, 0.25) is 0 Å². The third kappa shape index (κ3) is 4.08. The third-order valence-electron chi connectivity index (χ3n) is 4.88. The Kier molecular flexibility index (Phi) is 5.20. The Morgan fingerprint density at radius 2 is 1.72 bits per heavy atom. The molecule has 146 valence electrons. The van der Waals surface area contributed by atoms with Crippen LogP contribution in [0.3, 0.4) is 0 Å². The number of anilines is 2. The number of fused-ring (bicyclic) bond motifs is 1. The SMILES string of the molecule is COC(=O)c1ccc(Nc2ccc(C(=O)N3CCc4ccccc4C3)nn2)cc1. The first-order valence-electron chi connectivity index (χ1n) is 9.29. The zero-order valence-corrected chi connectivity index (χ0v) is 16.0. The maximum absolute atomic E-state index is 12.8. The number of ether oxygens (including phenoxy) is 1. The predicted octanol–water partition coefficient (Wildman–Crippen LogP) is 3.21. The van der Waals surface area contributed by atoms with Crippen molar-refractivity contribution in [1.29, 1.82) is 0 Å². The first-order chi connectivity index (χ1) is 14.1. The van der Waals surface area contributed by atoms with E-state index in [1.807, 2.05) is 12.1 Å². The van der Waals surface area contributed by atoms with Crippen LogP contribution in [0.25, 0.3) is 0 Å². The number of nitrogens with zero attached hydrogens (tertiary/aromatic N) is 3. The smallest absolute Gasteiger partial charge is 0.337 e. The molecule has 0 radical (unpaired) electrons. The molecule has 0 saturated carbocycles. The zero-order valence-electron chi connectivity index (χ0n) is 16.0. The molecule has 1 N–H and O–H groups in total. The molecule has 0 atom stereocenters.